The number of aryl methyl sites for hydroxylation is 1. The molecule has 1 saturated heterocycles. The van der Waals surface area contributed by atoms with Crippen LogP contribution in [0.5, 0.6) is 5.75 Å². The minimum absolute atomic E-state index is 0.00755. The standard InChI is InChI=1S/C24H29N5OS/c1-16-15-18(17(2)29(16)20-10-5-6-11-21(20)30)23-22(19-9-7-8-12-25-19)26-24(31)28(23)14-13-27(3)4/h5-12,15,22-23,30H,13-14H2,1-4H3,(H,26,31). The van der Waals surface area contributed by atoms with Gasteiger partial charge < -0.3 is 24.8 Å². The normalized spacial score (nSPS) is 18.6. The molecule has 1 aliphatic heterocycles. The van der Waals surface area contributed by atoms with Gasteiger partial charge in [-0.3, -0.25) is 4.98 Å². The lowest BCUT2D eigenvalue weighted by molar-refractivity contribution is 0.277. The topological polar surface area (TPSA) is 56.6 Å². The molecule has 3 heterocycles. The molecule has 7 heteroatoms. The van der Waals surface area contributed by atoms with Gasteiger partial charge in [0.25, 0.3) is 0 Å². The lowest BCUT2D eigenvalue weighted by Gasteiger charge is -2.29. The van der Waals surface area contributed by atoms with Gasteiger partial charge in [-0.2, -0.15) is 0 Å². The Labute approximate surface area is 189 Å². The Kier molecular flexibility index (Phi) is 5.98. The van der Waals surface area contributed by atoms with Crippen molar-refractivity contribution in [2.45, 2.75) is 25.9 Å². The van der Waals surface area contributed by atoms with E-state index < -0.39 is 0 Å². The fraction of sp³-hybridized carbons (Fsp3) is 0.333. The molecular formula is C24H29N5OS. The molecule has 2 unspecified atom stereocenters. The molecule has 0 spiro atoms. The Morgan fingerprint density at radius 3 is 2.55 bits per heavy atom. The summed E-state index contributed by atoms with van der Waals surface area (Å²) in [6, 6.07) is 15.6. The second-order valence-electron chi connectivity index (χ2n) is 8.27. The number of aromatic nitrogens is 2. The Bertz CT molecular complexity index is 1080. The SMILES string of the molecule is Cc1cc(C2C(c3ccccn3)NC(=S)N2CCN(C)C)c(C)n1-c1ccccc1O. The van der Waals surface area contributed by atoms with Crippen molar-refractivity contribution < 1.29 is 5.11 Å². The first-order valence-corrected chi connectivity index (χ1v) is 10.9. The highest BCUT2D eigenvalue weighted by Crippen LogP contribution is 2.41. The summed E-state index contributed by atoms with van der Waals surface area (Å²) >= 11 is 5.77. The quantitative estimate of drug-likeness (QED) is 0.576. The largest absolute Gasteiger partial charge is 0.506 e. The van der Waals surface area contributed by atoms with E-state index in [0.29, 0.717) is 0 Å². The van der Waals surface area contributed by atoms with Crippen molar-refractivity contribution in [3.05, 3.63) is 77.4 Å². The van der Waals surface area contributed by atoms with Crippen LogP contribution in [-0.4, -0.2) is 56.8 Å². The van der Waals surface area contributed by atoms with Gasteiger partial charge in [-0.05, 0) is 76.1 Å². The molecule has 4 rings (SSSR count). The minimum Gasteiger partial charge on any atom is -0.506 e. The lowest BCUT2D eigenvalue weighted by atomic mass is 9.96. The summed E-state index contributed by atoms with van der Waals surface area (Å²) in [7, 11) is 4.14. The number of hydrogen-bond acceptors (Lipinski definition) is 4. The fourth-order valence-electron chi connectivity index (χ4n) is 4.40. The number of nitrogens with one attached hydrogen (secondary N) is 1. The number of hydrogen-bond donors (Lipinski definition) is 2. The van der Waals surface area contributed by atoms with Crippen LogP contribution in [0.15, 0.2) is 54.7 Å². The maximum absolute atomic E-state index is 10.5. The van der Waals surface area contributed by atoms with E-state index in [0.717, 1.165) is 41.0 Å². The van der Waals surface area contributed by atoms with Crippen LogP contribution in [0.1, 0.15) is 34.7 Å². The summed E-state index contributed by atoms with van der Waals surface area (Å²) in [6.45, 7) is 5.89. The summed E-state index contributed by atoms with van der Waals surface area (Å²) in [5.41, 5.74) is 5.09. The van der Waals surface area contributed by atoms with Crippen molar-refractivity contribution in [1.82, 2.24) is 24.7 Å². The number of rotatable bonds is 6. The zero-order chi connectivity index (χ0) is 22.1. The molecule has 2 atom stereocenters. The van der Waals surface area contributed by atoms with Gasteiger partial charge in [0.2, 0.25) is 0 Å². The molecule has 2 aromatic heterocycles. The number of para-hydroxylation sites is 2. The molecule has 0 amide bonds. The highest BCUT2D eigenvalue weighted by Gasteiger charge is 2.41. The molecular weight excluding hydrogens is 406 g/mol. The first kappa shape index (κ1) is 21.3. The van der Waals surface area contributed by atoms with Crippen LogP contribution in [0.25, 0.3) is 5.69 Å². The summed E-state index contributed by atoms with van der Waals surface area (Å²) in [5.74, 6) is 0.265. The van der Waals surface area contributed by atoms with Crippen LogP contribution in [0.2, 0.25) is 0 Å². The van der Waals surface area contributed by atoms with Gasteiger partial charge in [0.05, 0.1) is 23.5 Å². The minimum atomic E-state index is -0.0471. The van der Waals surface area contributed by atoms with E-state index in [9.17, 15) is 5.11 Å². The number of phenols is 1. The van der Waals surface area contributed by atoms with Crippen LogP contribution < -0.4 is 5.32 Å². The van der Waals surface area contributed by atoms with E-state index in [1.165, 1.54) is 5.56 Å². The van der Waals surface area contributed by atoms with Gasteiger partial charge in [0.15, 0.2) is 5.11 Å². The number of thiocarbonyl (C=S) groups is 1. The van der Waals surface area contributed by atoms with Crippen LogP contribution in [0.4, 0.5) is 0 Å². The number of aromatic hydroxyl groups is 1. The molecule has 1 aliphatic rings. The van der Waals surface area contributed by atoms with E-state index >= 15 is 0 Å². The van der Waals surface area contributed by atoms with Crippen LogP contribution in [-0.2, 0) is 0 Å². The second-order valence-corrected chi connectivity index (χ2v) is 8.66. The number of phenolic OH excluding ortho intramolecular Hbond substituents is 1. The molecule has 0 bridgehead atoms. The van der Waals surface area contributed by atoms with Gasteiger partial charge in [-0.1, -0.05) is 18.2 Å². The summed E-state index contributed by atoms with van der Waals surface area (Å²) in [5, 5.41) is 14.7. The third kappa shape index (κ3) is 4.03. The zero-order valence-electron chi connectivity index (χ0n) is 18.4. The average molecular weight is 436 g/mol. The zero-order valence-corrected chi connectivity index (χ0v) is 19.2. The molecule has 1 fully saturated rings. The first-order valence-electron chi connectivity index (χ1n) is 10.5. The molecule has 3 aromatic rings. The Morgan fingerprint density at radius 1 is 1.13 bits per heavy atom. The van der Waals surface area contributed by atoms with Gasteiger partial charge >= 0.3 is 0 Å². The van der Waals surface area contributed by atoms with Gasteiger partial charge in [0.1, 0.15) is 5.75 Å². The van der Waals surface area contributed by atoms with Crippen LogP contribution in [0, 0.1) is 13.8 Å². The molecule has 0 saturated carbocycles. The van der Waals surface area contributed by atoms with Crippen LogP contribution >= 0.6 is 12.2 Å². The number of nitrogens with zero attached hydrogens (tertiary/aromatic N) is 4. The van der Waals surface area contributed by atoms with E-state index in [2.05, 4.69) is 58.7 Å². The van der Waals surface area contributed by atoms with E-state index in [1.54, 1.807) is 6.07 Å². The Morgan fingerprint density at radius 2 is 1.87 bits per heavy atom. The van der Waals surface area contributed by atoms with Gasteiger partial charge in [-0.25, -0.2) is 0 Å². The summed E-state index contributed by atoms with van der Waals surface area (Å²) in [4.78, 5) is 9.06. The van der Waals surface area contributed by atoms with Crippen molar-refractivity contribution in [2.75, 3.05) is 27.2 Å². The molecule has 1 aromatic carbocycles. The smallest absolute Gasteiger partial charge is 0.170 e. The van der Waals surface area contributed by atoms with E-state index in [1.807, 2.05) is 42.6 Å². The van der Waals surface area contributed by atoms with Gasteiger partial charge in [0, 0.05) is 30.7 Å². The summed E-state index contributed by atoms with van der Waals surface area (Å²) in [6.07, 6.45) is 1.82. The van der Waals surface area contributed by atoms with Crippen molar-refractivity contribution >= 4 is 17.3 Å². The molecule has 162 valence electrons. The maximum Gasteiger partial charge on any atom is 0.170 e. The molecule has 6 nitrogen and oxygen atoms in total. The Balaban J connectivity index is 1.82. The average Bonchev–Trinajstić information content (AvgIpc) is 3.23. The van der Waals surface area contributed by atoms with Crippen molar-refractivity contribution in [3.8, 4) is 11.4 Å². The Hall–Kier alpha value is -2.90. The molecule has 0 radical (unpaired) electrons. The predicted octanol–water partition coefficient (Wildman–Crippen LogP) is 3.73. The lowest BCUT2D eigenvalue weighted by Crippen LogP contribution is -2.35. The molecule has 2 N–H and O–H groups in total. The monoisotopic (exact) mass is 435 g/mol. The highest BCUT2D eigenvalue weighted by atomic mass is 32.1. The highest BCUT2D eigenvalue weighted by molar-refractivity contribution is 7.80. The first-order chi connectivity index (χ1) is 14.9. The fourth-order valence-corrected chi connectivity index (χ4v) is 4.74. The predicted molar refractivity (Wildman–Crippen MR) is 128 cm³/mol. The van der Waals surface area contributed by atoms with Gasteiger partial charge in [-0.15, -0.1) is 0 Å². The number of likely N-dealkylation sites (N-methyl/N-ethyl adjacent to an activating group) is 1. The van der Waals surface area contributed by atoms with Crippen molar-refractivity contribution in [2.24, 2.45) is 0 Å². The third-order valence-corrected chi connectivity index (χ3v) is 6.25. The third-order valence-electron chi connectivity index (χ3n) is 5.90. The van der Waals surface area contributed by atoms with E-state index in [4.69, 9.17) is 12.2 Å². The van der Waals surface area contributed by atoms with Crippen molar-refractivity contribution in [3.63, 3.8) is 0 Å². The second kappa shape index (κ2) is 8.69. The summed E-state index contributed by atoms with van der Waals surface area (Å²) < 4.78 is 2.12. The van der Waals surface area contributed by atoms with E-state index in [-0.39, 0.29) is 17.8 Å². The number of pyridine rings is 1. The number of benzene rings is 1. The van der Waals surface area contributed by atoms with Crippen molar-refractivity contribution in [1.29, 1.82) is 0 Å². The maximum atomic E-state index is 10.5. The molecule has 31 heavy (non-hydrogen) atoms. The van der Waals surface area contributed by atoms with Crippen LogP contribution in [0.3, 0.4) is 0 Å². The molecule has 0 aliphatic carbocycles.